The lowest BCUT2D eigenvalue weighted by Gasteiger charge is -2.26. The van der Waals surface area contributed by atoms with E-state index in [0.29, 0.717) is 17.9 Å². The fraction of sp³-hybridized carbons (Fsp3) is 0.654. The number of anilines is 1. The van der Waals surface area contributed by atoms with Gasteiger partial charge in [-0.25, -0.2) is 9.50 Å². The molecule has 2 aromatic heterocycles. The minimum absolute atomic E-state index is 0.131. The van der Waals surface area contributed by atoms with E-state index in [1.807, 2.05) is 6.07 Å². The highest BCUT2D eigenvalue weighted by atomic mass is 16.6. The zero-order valence-corrected chi connectivity index (χ0v) is 22.0. The van der Waals surface area contributed by atoms with Crippen molar-refractivity contribution in [2.75, 3.05) is 11.9 Å². The van der Waals surface area contributed by atoms with Crippen molar-refractivity contribution < 1.29 is 29.3 Å². The molecule has 12 nitrogen and oxygen atoms in total. The maximum atomic E-state index is 12.7. The molecule has 1 saturated carbocycles. The van der Waals surface area contributed by atoms with Gasteiger partial charge in [-0.05, 0) is 36.3 Å². The second-order valence-corrected chi connectivity index (χ2v) is 11.3. The summed E-state index contributed by atoms with van der Waals surface area (Å²) in [5, 5.41) is 38.8. The SMILES string of the molecule is CC(C)(C)[C@H](N)C(=O)OC[C@H]1O[C@@](C#N)(c2ccc3c(NC(=O)CC4CCCCC4)ncnn23)[C@H](O)[C@@H]1O. The van der Waals surface area contributed by atoms with Crippen LogP contribution in [0.2, 0.25) is 0 Å². The highest BCUT2D eigenvalue weighted by Gasteiger charge is 2.58. The topological polar surface area (TPSA) is 185 Å². The van der Waals surface area contributed by atoms with E-state index < -0.39 is 47.9 Å². The number of nitrogens with zero attached hydrogens (tertiary/aromatic N) is 4. The number of aromatic nitrogens is 3. The number of aliphatic hydroxyl groups excluding tert-OH is 2. The highest BCUT2D eigenvalue weighted by Crippen LogP contribution is 2.40. The first-order valence-corrected chi connectivity index (χ1v) is 13.0. The minimum Gasteiger partial charge on any atom is -0.462 e. The number of rotatable bonds is 7. The number of aliphatic hydroxyl groups is 2. The van der Waals surface area contributed by atoms with Gasteiger partial charge in [-0.2, -0.15) is 10.4 Å². The zero-order chi connectivity index (χ0) is 27.7. The molecule has 206 valence electrons. The van der Waals surface area contributed by atoms with Crippen LogP contribution in [-0.4, -0.2) is 67.6 Å². The molecular weight excluding hydrogens is 492 g/mol. The van der Waals surface area contributed by atoms with Crippen molar-refractivity contribution in [3.05, 3.63) is 24.2 Å². The number of hydrogen-bond acceptors (Lipinski definition) is 10. The standard InChI is InChI=1S/C26H36N6O6/c1-25(2,3)21(28)24(36)37-12-17-20(34)22(35)26(13-27,38-17)18-10-9-16-23(29-14-30-32(16)18)31-19(33)11-15-7-5-4-6-8-15/h9-10,14-15,17,20-22,34-35H,4-8,11-12,28H2,1-3H3,(H,29,30,31,33)/t17-,20-,21-,22-,26+/m1/s1. The second kappa shape index (κ2) is 10.9. The number of fused-ring (bicyclic) bond motifs is 1. The van der Waals surface area contributed by atoms with E-state index in [1.54, 1.807) is 26.8 Å². The van der Waals surface area contributed by atoms with Gasteiger partial charge in [0.2, 0.25) is 11.5 Å². The Balaban J connectivity index is 1.53. The molecule has 0 spiro atoms. The van der Waals surface area contributed by atoms with Gasteiger partial charge in [-0.3, -0.25) is 9.59 Å². The molecule has 1 aliphatic heterocycles. The molecular formula is C26H36N6O6. The van der Waals surface area contributed by atoms with Crippen molar-refractivity contribution in [3.63, 3.8) is 0 Å². The van der Waals surface area contributed by atoms with Gasteiger partial charge in [0.1, 0.15) is 48.9 Å². The molecule has 2 aliphatic rings. The van der Waals surface area contributed by atoms with Gasteiger partial charge >= 0.3 is 5.97 Å². The Morgan fingerprint density at radius 3 is 2.68 bits per heavy atom. The summed E-state index contributed by atoms with van der Waals surface area (Å²) in [6, 6.07) is 4.17. The van der Waals surface area contributed by atoms with E-state index >= 15 is 0 Å². The van der Waals surface area contributed by atoms with Crippen molar-refractivity contribution in [1.29, 1.82) is 5.26 Å². The molecule has 0 aromatic carbocycles. The third-order valence-electron chi connectivity index (χ3n) is 7.49. The molecule has 1 amide bonds. The van der Waals surface area contributed by atoms with Gasteiger partial charge in [-0.15, -0.1) is 0 Å². The summed E-state index contributed by atoms with van der Waals surface area (Å²) >= 11 is 0. The number of nitrogens with one attached hydrogen (secondary N) is 1. The molecule has 1 aliphatic carbocycles. The molecule has 38 heavy (non-hydrogen) atoms. The van der Waals surface area contributed by atoms with Crippen molar-refractivity contribution in [2.24, 2.45) is 17.1 Å². The highest BCUT2D eigenvalue weighted by molar-refractivity contribution is 5.93. The zero-order valence-electron chi connectivity index (χ0n) is 22.0. The minimum atomic E-state index is -2.02. The fourth-order valence-electron chi connectivity index (χ4n) is 5.07. The summed E-state index contributed by atoms with van der Waals surface area (Å²) in [5.41, 5.74) is 3.89. The third kappa shape index (κ3) is 5.37. The maximum absolute atomic E-state index is 12.7. The van der Waals surface area contributed by atoms with Crippen LogP contribution in [0, 0.1) is 22.7 Å². The number of carbonyl (C=O) groups excluding carboxylic acids is 2. The molecule has 5 atom stereocenters. The van der Waals surface area contributed by atoms with E-state index in [2.05, 4.69) is 15.4 Å². The van der Waals surface area contributed by atoms with Gasteiger partial charge in [0, 0.05) is 6.42 Å². The van der Waals surface area contributed by atoms with E-state index in [1.165, 1.54) is 23.3 Å². The van der Waals surface area contributed by atoms with Crippen LogP contribution >= 0.6 is 0 Å². The number of carbonyl (C=O) groups is 2. The van der Waals surface area contributed by atoms with E-state index in [-0.39, 0.29) is 17.4 Å². The van der Waals surface area contributed by atoms with Crippen molar-refractivity contribution >= 4 is 23.2 Å². The first kappa shape index (κ1) is 27.9. The van der Waals surface area contributed by atoms with Crippen molar-refractivity contribution in [1.82, 2.24) is 14.6 Å². The summed E-state index contributed by atoms with van der Waals surface area (Å²) in [4.78, 5) is 29.2. The molecule has 0 bridgehead atoms. The summed E-state index contributed by atoms with van der Waals surface area (Å²) in [6.45, 7) is 4.95. The summed E-state index contributed by atoms with van der Waals surface area (Å²) in [6.07, 6.45) is 2.75. The Bertz CT molecular complexity index is 1210. The molecule has 2 fully saturated rings. The van der Waals surface area contributed by atoms with Crippen LogP contribution in [0.25, 0.3) is 5.52 Å². The largest absolute Gasteiger partial charge is 0.462 e. The van der Waals surface area contributed by atoms with Crippen LogP contribution in [0.15, 0.2) is 18.5 Å². The fourth-order valence-corrected chi connectivity index (χ4v) is 5.07. The molecule has 4 rings (SSSR count). The lowest BCUT2D eigenvalue weighted by Crippen LogP contribution is -2.44. The summed E-state index contributed by atoms with van der Waals surface area (Å²) in [5.74, 6) is -0.238. The normalized spacial score (nSPS) is 27.1. The average molecular weight is 529 g/mol. The van der Waals surface area contributed by atoms with Crippen molar-refractivity contribution in [3.8, 4) is 6.07 Å². The van der Waals surface area contributed by atoms with E-state index in [9.17, 15) is 25.1 Å². The predicted octanol–water partition coefficient (Wildman–Crippen LogP) is 1.39. The Kier molecular flexibility index (Phi) is 8.04. The third-order valence-corrected chi connectivity index (χ3v) is 7.49. The van der Waals surface area contributed by atoms with Crippen molar-refractivity contribution in [2.45, 2.75) is 89.3 Å². The van der Waals surface area contributed by atoms with Crippen LogP contribution < -0.4 is 11.1 Å². The molecule has 12 heteroatoms. The summed E-state index contributed by atoms with van der Waals surface area (Å²) < 4.78 is 12.5. The van der Waals surface area contributed by atoms with Gasteiger partial charge in [0.25, 0.3) is 0 Å². The molecule has 1 saturated heterocycles. The lowest BCUT2D eigenvalue weighted by molar-refractivity contribution is -0.154. The molecule has 0 radical (unpaired) electrons. The monoisotopic (exact) mass is 528 g/mol. The number of ether oxygens (including phenoxy) is 2. The van der Waals surface area contributed by atoms with Gasteiger partial charge in [0.05, 0.1) is 5.69 Å². The Morgan fingerprint density at radius 1 is 1.32 bits per heavy atom. The van der Waals surface area contributed by atoms with Crippen LogP contribution in [-0.2, 0) is 24.7 Å². The molecule has 3 heterocycles. The van der Waals surface area contributed by atoms with Gasteiger partial charge in [-0.1, -0.05) is 40.0 Å². The number of hydrogen-bond donors (Lipinski definition) is 4. The number of nitrogens with two attached hydrogens (primary N) is 1. The lowest BCUT2D eigenvalue weighted by atomic mass is 9.87. The molecule has 2 aromatic rings. The molecule has 0 unspecified atom stereocenters. The van der Waals surface area contributed by atoms with Gasteiger partial charge in [0.15, 0.2) is 5.82 Å². The Morgan fingerprint density at radius 2 is 2.03 bits per heavy atom. The number of amides is 1. The van der Waals surface area contributed by atoms with Crippen LogP contribution in [0.5, 0.6) is 0 Å². The maximum Gasteiger partial charge on any atom is 0.323 e. The summed E-state index contributed by atoms with van der Waals surface area (Å²) in [7, 11) is 0. The first-order chi connectivity index (χ1) is 18.0. The predicted molar refractivity (Wildman–Crippen MR) is 135 cm³/mol. The Labute approximate surface area is 221 Å². The number of esters is 1. The molecule has 5 N–H and O–H groups in total. The van der Waals surface area contributed by atoms with E-state index in [4.69, 9.17) is 15.2 Å². The average Bonchev–Trinajstić information content (AvgIpc) is 3.43. The smallest absolute Gasteiger partial charge is 0.323 e. The van der Waals surface area contributed by atoms with Crippen LogP contribution in [0.4, 0.5) is 5.82 Å². The van der Waals surface area contributed by atoms with E-state index in [0.717, 1.165) is 25.7 Å². The quantitative estimate of drug-likeness (QED) is 0.383. The first-order valence-electron chi connectivity index (χ1n) is 13.0. The Hall–Kier alpha value is -3.11. The van der Waals surface area contributed by atoms with Crippen LogP contribution in [0.3, 0.4) is 0 Å². The van der Waals surface area contributed by atoms with Crippen LogP contribution in [0.1, 0.15) is 65.0 Å². The second-order valence-electron chi connectivity index (χ2n) is 11.3. The van der Waals surface area contributed by atoms with Gasteiger partial charge < -0.3 is 30.7 Å². The number of nitriles is 1.